The van der Waals surface area contributed by atoms with Crippen LogP contribution in [0.5, 0.6) is 0 Å². The van der Waals surface area contributed by atoms with Crippen molar-refractivity contribution in [3.8, 4) is 0 Å². The summed E-state index contributed by atoms with van der Waals surface area (Å²) in [6.07, 6.45) is 5.51. The van der Waals surface area contributed by atoms with Crippen LogP contribution in [0, 0.1) is 5.92 Å². The summed E-state index contributed by atoms with van der Waals surface area (Å²) in [5, 5.41) is 0. The summed E-state index contributed by atoms with van der Waals surface area (Å²) in [7, 11) is 0. The van der Waals surface area contributed by atoms with Gasteiger partial charge in [0.15, 0.2) is 0 Å². The van der Waals surface area contributed by atoms with E-state index >= 15 is 0 Å². The second-order valence-electron chi connectivity index (χ2n) is 3.24. The van der Waals surface area contributed by atoms with Gasteiger partial charge in [-0.25, -0.2) is 0 Å². The first-order valence-corrected chi connectivity index (χ1v) is 5.28. The van der Waals surface area contributed by atoms with Gasteiger partial charge in [0.05, 0.1) is 0 Å². The first-order chi connectivity index (χ1) is 6.20. The molecule has 1 rings (SSSR count). The average molecular weight is 256 g/mol. The third-order valence-corrected chi connectivity index (χ3v) is 2.47. The first kappa shape index (κ1) is 15.2. The number of rotatable bonds is 1. The third kappa shape index (κ3) is 5.94. The smallest absolute Gasteiger partial charge is 0.410 e. The SMILES string of the molecule is O=C(NNC(=S)[S-])C1CCCCC1.[K+]. The summed E-state index contributed by atoms with van der Waals surface area (Å²) in [5.41, 5.74) is 5.01. The van der Waals surface area contributed by atoms with Crippen molar-refractivity contribution in [2.45, 2.75) is 32.1 Å². The maximum atomic E-state index is 11.4. The number of hydrazine groups is 1. The number of thiocarbonyl (C=S) groups is 1. The number of hydrogen-bond donors (Lipinski definition) is 2. The number of carbonyl (C=O) groups is 1. The van der Waals surface area contributed by atoms with Crippen molar-refractivity contribution < 1.29 is 56.2 Å². The number of hydrogen-bond acceptors (Lipinski definition) is 3. The van der Waals surface area contributed by atoms with Gasteiger partial charge in [0, 0.05) is 5.92 Å². The van der Waals surface area contributed by atoms with Gasteiger partial charge in [-0.1, -0.05) is 19.3 Å². The van der Waals surface area contributed by atoms with E-state index in [-0.39, 0.29) is 67.5 Å². The fourth-order valence-electron chi connectivity index (χ4n) is 1.58. The minimum atomic E-state index is 0. The van der Waals surface area contributed by atoms with Gasteiger partial charge >= 0.3 is 51.4 Å². The fraction of sp³-hybridized carbons (Fsp3) is 0.750. The second-order valence-corrected chi connectivity index (χ2v) is 4.31. The predicted molar refractivity (Wildman–Crippen MR) is 57.8 cm³/mol. The van der Waals surface area contributed by atoms with Gasteiger partial charge in [-0.3, -0.25) is 10.2 Å². The molecule has 0 aromatic heterocycles. The summed E-state index contributed by atoms with van der Waals surface area (Å²) in [5.74, 6) is 0.164. The van der Waals surface area contributed by atoms with Crippen LogP contribution in [-0.4, -0.2) is 10.2 Å². The molecule has 0 bridgehead atoms. The third-order valence-electron chi connectivity index (χ3n) is 2.26. The predicted octanol–water partition coefficient (Wildman–Crippen LogP) is -1.98. The van der Waals surface area contributed by atoms with Crippen LogP contribution >= 0.6 is 12.2 Å². The van der Waals surface area contributed by atoms with E-state index in [4.69, 9.17) is 0 Å². The van der Waals surface area contributed by atoms with E-state index in [0.717, 1.165) is 25.7 Å². The van der Waals surface area contributed by atoms with Gasteiger partial charge in [0.25, 0.3) is 0 Å². The van der Waals surface area contributed by atoms with Crippen LogP contribution in [0.15, 0.2) is 0 Å². The Hall–Kier alpha value is 1.22. The van der Waals surface area contributed by atoms with Crippen LogP contribution in [-0.2, 0) is 17.4 Å². The molecule has 0 atom stereocenters. The van der Waals surface area contributed by atoms with Gasteiger partial charge in [-0.2, -0.15) is 0 Å². The van der Waals surface area contributed by atoms with Crippen molar-refractivity contribution in [2.24, 2.45) is 5.92 Å². The van der Waals surface area contributed by atoms with Crippen molar-refractivity contribution >= 4 is 35.1 Å². The van der Waals surface area contributed by atoms with E-state index in [1.54, 1.807) is 0 Å². The van der Waals surface area contributed by atoms with Crippen molar-refractivity contribution in [1.82, 2.24) is 10.9 Å². The Morgan fingerprint density at radius 3 is 2.29 bits per heavy atom. The standard InChI is InChI=1S/C8H14N2OS2.K/c11-7(9-10-8(12)13)6-4-2-1-3-5-6;/h6H,1-5H2,(H,9,11)(H2,10,12,13);/q;+1/p-1. The Morgan fingerprint density at radius 1 is 1.21 bits per heavy atom. The second kappa shape index (κ2) is 8.38. The maximum Gasteiger partial charge on any atom is 1.00 e. The molecule has 1 fully saturated rings. The molecule has 3 nitrogen and oxygen atoms in total. The Bertz CT molecular complexity index is 208. The van der Waals surface area contributed by atoms with Gasteiger partial charge in [-0.05, 0) is 17.2 Å². The molecule has 0 aromatic rings. The van der Waals surface area contributed by atoms with Crippen LogP contribution in [0.3, 0.4) is 0 Å². The molecule has 14 heavy (non-hydrogen) atoms. The summed E-state index contributed by atoms with van der Waals surface area (Å²) in [6, 6.07) is 0. The van der Waals surface area contributed by atoms with Gasteiger partial charge < -0.3 is 30.3 Å². The molecule has 1 amide bonds. The molecule has 0 aliphatic heterocycles. The van der Waals surface area contributed by atoms with Crippen molar-refractivity contribution in [3.63, 3.8) is 0 Å². The zero-order valence-corrected chi connectivity index (χ0v) is 13.1. The van der Waals surface area contributed by atoms with Gasteiger partial charge in [0.1, 0.15) is 0 Å². The molecule has 74 valence electrons. The molecule has 0 unspecified atom stereocenters. The minimum absolute atomic E-state index is 0. The van der Waals surface area contributed by atoms with E-state index in [1.807, 2.05) is 0 Å². The molecular weight excluding hydrogens is 243 g/mol. The molecule has 0 heterocycles. The molecule has 0 spiro atoms. The molecule has 1 aliphatic rings. The Balaban J connectivity index is 0.00000169. The molecule has 0 aromatic carbocycles. The van der Waals surface area contributed by atoms with Crippen LogP contribution in [0.2, 0.25) is 0 Å². The average Bonchev–Trinajstić information content (AvgIpc) is 2.15. The number of amides is 1. The zero-order valence-electron chi connectivity index (χ0n) is 8.34. The molecule has 0 saturated heterocycles. The van der Waals surface area contributed by atoms with Crippen LogP contribution in [0.4, 0.5) is 0 Å². The Labute approximate surface area is 138 Å². The Morgan fingerprint density at radius 2 is 1.79 bits per heavy atom. The molecule has 0 radical (unpaired) electrons. The molecular formula is C8H13KN2OS2. The van der Waals surface area contributed by atoms with E-state index in [2.05, 4.69) is 35.7 Å². The summed E-state index contributed by atoms with van der Waals surface area (Å²) < 4.78 is 0.184. The van der Waals surface area contributed by atoms with Gasteiger partial charge in [-0.15, -0.1) is 0 Å². The fourth-order valence-corrected chi connectivity index (χ4v) is 1.68. The van der Waals surface area contributed by atoms with Gasteiger partial charge in [0.2, 0.25) is 5.91 Å². The first-order valence-electron chi connectivity index (χ1n) is 4.47. The van der Waals surface area contributed by atoms with E-state index in [1.165, 1.54) is 6.42 Å². The monoisotopic (exact) mass is 256 g/mol. The Kier molecular flexibility index (Phi) is 9.11. The summed E-state index contributed by atoms with van der Waals surface area (Å²) in [4.78, 5) is 11.4. The van der Waals surface area contributed by atoms with E-state index < -0.39 is 0 Å². The summed E-state index contributed by atoms with van der Waals surface area (Å²) >= 11 is 9.21. The molecule has 6 heteroatoms. The zero-order chi connectivity index (χ0) is 9.68. The van der Waals surface area contributed by atoms with E-state index in [0.29, 0.717) is 0 Å². The topological polar surface area (TPSA) is 41.1 Å². The summed E-state index contributed by atoms with van der Waals surface area (Å²) in [6.45, 7) is 0. The van der Waals surface area contributed by atoms with Crippen LogP contribution < -0.4 is 62.2 Å². The number of carbonyl (C=O) groups excluding carboxylic acids is 1. The largest absolute Gasteiger partial charge is 1.00 e. The maximum absolute atomic E-state index is 11.4. The van der Waals surface area contributed by atoms with Crippen LogP contribution in [0.1, 0.15) is 32.1 Å². The normalized spacial score (nSPS) is 16.6. The minimum Gasteiger partial charge on any atom is -0.410 e. The molecule has 1 saturated carbocycles. The number of nitrogens with one attached hydrogen (secondary N) is 2. The molecule has 1 aliphatic carbocycles. The van der Waals surface area contributed by atoms with Crippen molar-refractivity contribution in [2.75, 3.05) is 0 Å². The quantitative estimate of drug-likeness (QED) is 0.247. The van der Waals surface area contributed by atoms with E-state index in [9.17, 15) is 4.79 Å². The van der Waals surface area contributed by atoms with Crippen molar-refractivity contribution in [1.29, 1.82) is 0 Å². The van der Waals surface area contributed by atoms with Crippen LogP contribution in [0.25, 0.3) is 0 Å². The molecule has 2 N–H and O–H groups in total. The van der Waals surface area contributed by atoms with Crippen molar-refractivity contribution in [3.05, 3.63) is 0 Å².